The molecule has 13 heavy (non-hydrogen) atoms. The van der Waals surface area contributed by atoms with Gasteiger partial charge < -0.3 is 0 Å². The lowest BCUT2D eigenvalue weighted by Gasteiger charge is -1.94. The zero-order chi connectivity index (χ0) is 9.42. The number of thiophene rings is 1. The molecule has 0 amide bonds. The van der Waals surface area contributed by atoms with Crippen molar-refractivity contribution in [2.45, 2.75) is 0 Å². The predicted octanol–water partition coefficient (Wildman–Crippen LogP) is 3.67. The van der Waals surface area contributed by atoms with E-state index in [2.05, 4.69) is 15.9 Å². The van der Waals surface area contributed by atoms with Gasteiger partial charge in [-0.3, -0.25) is 0 Å². The fourth-order valence-electron chi connectivity index (χ4n) is 1.15. The fourth-order valence-corrected chi connectivity index (χ4v) is 2.46. The van der Waals surface area contributed by atoms with Crippen LogP contribution < -0.4 is 0 Å². The van der Waals surface area contributed by atoms with Crippen LogP contribution >= 0.6 is 27.3 Å². The van der Waals surface area contributed by atoms with Crippen LogP contribution in [0.15, 0.2) is 22.0 Å². The van der Waals surface area contributed by atoms with Gasteiger partial charge >= 0.3 is 0 Å². The van der Waals surface area contributed by atoms with E-state index in [1.807, 2.05) is 6.07 Å². The first-order chi connectivity index (χ1) is 6.22. The second-order valence-electron chi connectivity index (χ2n) is 2.53. The Hall–Kier alpha value is -0.920. The van der Waals surface area contributed by atoms with Crippen LogP contribution in [0.1, 0.15) is 5.56 Å². The van der Waals surface area contributed by atoms with E-state index in [1.165, 1.54) is 17.4 Å². The van der Waals surface area contributed by atoms with E-state index in [0.717, 1.165) is 0 Å². The summed E-state index contributed by atoms with van der Waals surface area (Å²) in [6.07, 6.45) is 0. The van der Waals surface area contributed by atoms with E-state index >= 15 is 0 Å². The Balaban J connectivity index is 2.92. The summed E-state index contributed by atoms with van der Waals surface area (Å²) in [5.74, 6) is -0.282. The Morgan fingerprint density at radius 3 is 2.92 bits per heavy atom. The summed E-state index contributed by atoms with van der Waals surface area (Å²) in [6.45, 7) is 0. The second kappa shape index (κ2) is 3.09. The second-order valence-corrected chi connectivity index (χ2v) is 4.32. The van der Waals surface area contributed by atoms with Crippen LogP contribution in [0.2, 0.25) is 0 Å². The highest BCUT2D eigenvalue weighted by Crippen LogP contribution is 2.30. The number of benzene rings is 1. The van der Waals surface area contributed by atoms with Crippen molar-refractivity contribution in [2.75, 3.05) is 0 Å². The first-order valence-corrected chi connectivity index (χ1v) is 5.16. The average Bonchev–Trinajstić information content (AvgIpc) is 2.47. The lowest BCUT2D eigenvalue weighted by atomic mass is 10.2. The molecule has 2 rings (SSSR count). The van der Waals surface area contributed by atoms with Gasteiger partial charge in [-0.25, -0.2) is 4.39 Å². The Labute approximate surface area is 86.5 Å². The molecule has 0 bridgehead atoms. The Bertz CT molecular complexity index is 512. The van der Waals surface area contributed by atoms with E-state index in [4.69, 9.17) is 5.26 Å². The van der Waals surface area contributed by atoms with Crippen molar-refractivity contribution in [1.82, 2.24) is 0 Å². The minimum absolute atomic E-state index is 0.282. The average molecular weight is 256 g/mol. The molecule has 1 heterocycles. The lowest BCUT2D eigenvalue weighted by Crippen LogP contribution is -1.76. The minimum atomic E-state index is -0.282. The largest absolute Gasteiger partial charge is 0.205 e. The highest BCUT2D eigenvalue weighted by atomic mass is 79.9. The summed E-state index contributed by atoms with van der Waals surface area (Å²) in [5, 5.41) is 11.1. The van der Waals surface area contributed by atoms with Gasteiger partial charge in [-0.2, -0.15) is 5.26 Å². The van der Waals surface area contributed by atoms with Gasteiger partial charge in [-0.1, -0.05) is 15.9 Å². The van der Waals surface area contributed by atoms with E-state index in [1.54, 1.807) is 11.4 Å². The quantitative estimate of drug-likeness (QED) is 0.705. The Kier molecular flexibility index (Phi) is 2.06. The first kappa shape index (κ1) is 8.67. The summed E-state index contributed by atoms with van der Waals surface area (Å²) < 4.78 is 14.5. The summed E-state index contributed by atoms with van der Waals surface area (Å²) in [7, 11) is 0. The molecule has 1 nitrogen and oxygen atoms in total. The zero-order valence-corrected chi connectivity index (χ0v) is 8.75. The van der Waals surface area contributed by atoms with Crippen LogP contribution in [-0.4, -0.2) is 0 Å². The van der Waals surface area contributed by atoms with Crippen molar-refractivity contribution in [3.63, 3.8) is 0 Å². The molecule has 1 aromatic carbocycles. The molecule has 0 fully saturated rings. The highest BCUT2D eigenvalue weighted by Gasteiger charge is 2.08. The summed E-state index contributed by atoms with van der Waals surface area (Å²) in [6, 6.07) is 5.19. The molecule has 0 aliphatic carbocycles. The van der Waals surface area contributed by atoms with Crippen molar-refractivity contribution >= 4 is 37.4 Å². The number of fused-ring (bicyclic) bond motifs is 1. The lowest BCUT2D eigenvalue weighted by molar-refractivity contribution is 0.641. The molecular weight excluding hydrogens is 253 g/mol. The number of hydrogen-bond acceptors (Lipinski definition) is 2. The molecule has 64 valence electrons. The third-order valence-electron chi connectivity index (χ3n) is 1.71. The molecule has 0 spiro atoms. The minimum Gasteiger partial charge on any atom is -0.205 e. The SMILES string of the molecule is N#Cc1csc2c(F)cc(Br)cc12. The van der Waals surface area contributed by atoms with Gasteiger partial charge in [0.05, 0.1) is 10.3 Å². The number of halogens is 2. The van der Waals surface area contributed by atoms with Gasteiger partial charge in [-0.05, 0) is 12.1 Å². The summed E-state index contributed by atoms with van der Waals surface area (Å²) in [4.78, 5) is 0. The third kappa shape index (κ3) is 1.34. The molecule has 0 unspecified atom stereocenters. The standard InChI is InChI=1S/C9H3BrFNS/c10-6-1-7-5(3-12)4-13-9(7)8(11)2-6/h1-2,4H. The Morgan fingerprint density at radius 1 is 1.46 bits per heavy atom. The third-order valence-corrected chi connectivity index (χ3v) is 3.18. The summed E-state index contributed by atoms with van der Waals surface area (Å²) in [5.41, 5.74) is 0.528. The number of hydrogen-bond donors (Lipinski definition) is 0. The van der Waals surface area contributed by atoms with E-state index in [0.29, 0.717) is 20.1 Å². The number of nitriles is 1. The normalized spacial score (nSPS) is 10.2. The van der Waals surface area contributed by atoms with Crippen molar-refractivity contribution < 1.29 is 4.39 Å². The topological polar surface area (TPSA) is 23.8 Å². The maximum Gasteiger partial charge on any atom is 0.142 e. The van der Waals surface area contributed by atoms with Gasteiger partial charge in [-0.15, -0.1) is 11.3 Å². The van der Waals surface area contributed by atoms with Gasteiger partial charge in [0.25, 0.3) is 0 Å². The smallest absolute Gasteiger partial charge is 0.142 e. The molecule has 0 saturated carbocycles. The van der Waals surface area contributed by atoms with Crippen molar-refractivity contribution in [2.24, 2.45) is 0 Å². The Morgan fingerprint density at radius 2 is 2.23 bits per heavy atom. The maximum atomic E-state index is 13.3. The van der Waals surface area contributed by atoms with Crippen molar-refractivity contribution in [3.8, 4) is 6.07 Å². The van der Waals surface area contributed by atoms with Gasteiger partial charge in [0.1, 0.15) is 11.9 Å². The molecule has 0 saturated heterocycles. The molecule has 4 heteroatoms. The highest BCUT2D eigenvalue weighted by molar-refractivity contribution is 9.10. The van der Waals surface area contributed by atoms with Gasteiger partial charge in [0, 0.05) is 15.2 Å². The number of rotatable bonds is 0. The predicted molar refractivity (Wildman–Crippen MR) is 54.2 cm³/mol. The number of nitrogens with zero attached hydrogens (tertiary/aromatic N) is 1. The van der Waals surface area contributed by atoms with Crippen molar-refractivity contribution in [1.29, 1.82) is 5.26 Å². The molecule has 0 radical (unpaired) electrons. The molecule has 1 aromatic heterocycles. The monoisotopic (exact) mass is 255 g/mol. The first-order valence-electron chi connectivity index (χ1n) is 3.48. The molecule has 0 aliphatic heterocycles. The van der Waals surface area contributed by atoms with Crippen LogP contribution in [0.4, 0.5) is 4.39 Å². The molecule has 0 atom stereocenters. The van der Waals surface area contributed by atoms with Gasteiger partial charge in [0.15, 0.2) is 0 Å². The van der Waals surface area contributed by atoms with Crippen LogP contribution in [0.5, 0.6) is 0 Å². The molecule has 0 N–H and O–H groups in total. The van der Waals surface area contributed by atoms with Crippen LogP contribution in [0, 0.1) is 17.1 Å². The van der Waals surface area contributed by atoms with Crippen LogP contribution in [0.25, 0.3) is 10.1 Å². The van der Waals surface area contributed by atoms with Crippen LogP contribution in [-0.2, 0) is 0 Å². The zero-order valence-electron chi connectivity index (χ0n) is 6.34. The fraction of sp³-hybridized carbons (Fsp3) is 0. The maximum absolute atomic E-state index is 13.3. The molecule has 2 aromatic rings. The molecule has 0 aliphatic rings. The van der Waals surface area contributed by atoms with Crippen molar-refractivity contribution in [3.05, 3.63) is 33.4 Å². The van der Waals surface area contributed by atoms with E-state index in [-0.39, 0.29) is 5.82 Å². The molecular formula is C9H3BrFNS. The van der Waals surface area contributed by atoms with Crippen LogP contribution in [0.3, 0.4) is 0 Å². The van der Waals surface area contributed by atoms with E-state index in [9.17, 15) is 4.39 Å². The van der Waals surface area contributed by atoms with E-state index < -0.39 is 0 Å². The summed E-state index contributed by atoms with van der Waals surface area (Å²) >= 11 is 4.44. The van der Waals surface area contributed by atoms with Gasteiger partial charge in [0.2, 0.25) is 0 Å².